The lowest BCUT2D eigenvalue weighted by atomic mass is 10.1. The van der Waals surface area contributed by atoms with Crippen molar-refractivity contribution >= 4 is 28.8 Å². The Kier molecular flexibility index (Phi) is 5.07. The van der Waals surface area contributed by atoms with Crippen LogP contribution in [0.15, 0.2) is 24.3 Å². The van der Waals surface area contributed by atoms with Gasteiger partial charge < -0.3 is 15.1 Å². The number of likely N-dealkylation sites (tertiary alicyclic amines) is 1. The van der Waals surface area contributed by atoms with Crippen molar-refractivity contribution < 1.29 is 24.6 Å². The number of amides is 1. The Labute approximate surface area is 132 Å². The number of phenolic OH excluding ortho intramolecular Hbond substituents is 1. The van der Waals surface area contributed by atoms with Crippen molar-refractivity contribution in [2.24, 2.45) is 5.92 Å². The highest BCUT2D eigenvalue weighted by Crippen LogP contribution is 2.31. The molecule has 1 aliphatic rings. The van der Waals surface area contributed by atoms with Crippen LogP contribution in [0.3, 0.4) is 0 Å². The number of aliphatic carboxylic acids is 1. The molecule has 0 bridgehead atoms. The summed E-state index contributed by atoms with van der Waals surface area (Å²) in [6, 6.07) is 4.72. The minimum absolute atomic E-state index is 0.0146. The molecule has 1 amide bonds. The van der Waals surface area contributed by atoms with Gasteiger partial charge in [0.1, 0.15) is 5.75 Å². The van der Waals surface area contributed by atoms with Gasteiger partial charge in [-0.05, 0) is 23.6 Å². The minimum atomic E-state index is -1.11. The Morgan fingerprint density at radius 2 is 2.00 bits per heavy atom. The molecule has 2 rings (SSSR count). The van der Waals surface area contributed by atoms with Crippen molar-refractivity contribution in [3.8, 4) is 5.75 Å². The zero-order chi connectivity index (χ0) is 16.3. The summed E-state index contributed by atoms with van der Waals surface area (Å²) in [5.74, 6) is -0.815. The number of phenols is 1. The average Bonchev–Trinajstić information content (AvgIpc) is 2.80. The summed E-state index contributed by atoms with van der Waals surface area (Å²) in [4.78, 5) is 36.0. The van der Waals surface area contributed by atoms with Crippen LogP contribution >= 0.6 is 11.8 Å². The standard InChI is InChI=1S/C15H17NO5S/c1-9(17)22-8-10-6-13(19)16(7-10)14(15(20)21)11-2-4-12(18)5-3-11/h2-5,10,14,18H,6-8H2,1H3,(H,20,21). The second-order valence-corrected chi connectivity index (χ2v) is 6.45. The van der Waals surface area contributed by atoms with E-state index in [0.717, 1.165) is 11.8 Å². The third kappa shape index (κ3) is 3.79. The SMILES string of the molecule is CC(=O)SCC1CC(=O)N(C(C(=O)O)c2ccc(O)cc2)C1. The number of rotatable bonds is 5. The molecule has 1 saturated heterocycles. The van der Waals surface area contributed by atoms with E-state index in [4.69, 9.17) is 0 Å². The highest BCUT2D eigenvalue weighted by Gasteiger charge is 2.38. The van der Waals surface area contributed by atoms with Crippen molar-refractivity contribution in [3.63, 3.8) is 0 Å². The molecule has 6 nitrogen and oxygen atoms in total. The summed E-state index contributed by atoms with van der Waals surface area (Å²) in [5.41, 5.74) is 0.443. The van der Waals surface area contributed by atoms with E-state index in [0.29, 0.717) is 17.9 Å². The summed E-state index contributed by atoms with van der Waals surface area (Å²) in [6.07, 6.45) is 0.252. The van der Waals surface area contributed by atoms with Gasteiger partial charge >= 0.3 is 5.97 Å². The summed E-state index contributed by atoms with van der Waals surface area (Å²) in [7, 11) is 0. The highest BCUT2D eigenvalue weighted by atomic mass is 32.2. The zero-order valence-electron chi connectivity index (χ0n) is 12.1. The number of hydrogen-bond donors (Lipinski definition) is 2. The number of carboxylic acid groups (broad SMARTS) is 1. The third-order valence-corrected chi connectivity index (χ3v) is 4.56. The van der Waals surface area contributed by atoms with E-state index in [2.05, 4.69) is 0 Å². The fraction of sp³-hybridized carbons (Fsp3) is 0.400. The second kappa shape index (κ2) is 6.83. The largest absolute Gasteiger partial charge is 0.508 e. The molecule has 1 aromatic rings. The van der Waals surface area contributed by atoms with Crippen LogP contribution < -0.4 is 0 Å². The molecule has 0 radical (unpaired) electrons. The van der Waals surface area contributed by atoms with Crippen LogP contribution in [0.5, 0.6) is 5.75 Å². The fourth-order valence-electron chi connectivity index (χ4n) is 2.52. The van der Waals surface area contributed by atoms with Crippen molar-refractivity contribution in [1.82, 2.24) is 4.90 Å². The molecule has 1 heterocycles. The van der Waals surface area contributed by atoms with Crippen LogP contribution in [0.25, 0.3) is 0 Å². The number of carbonyl (C=O) groups is 3. The van der Waals surface area contributed by atoms with Crippen molar-refractivity contribution in [3.05, 3.63) is 29.8 Å². The van der Waals surface area contributed by atoms with Crippen LogP contribution in [-0.2, 0) is 14.4 Å². The van der Waals surface area contributed by atoms with Crippen molar-refractivity contribution in [2.45, 2.75) is 19.4 Å². The molecule has 1 aromatic carbocycles. The van der Waals surface area contributed by atoms with Gasteiger partial charge in [0.2, 0.25) is 5.91 Å². The predicted octanol–water partition coefficient (Wildman–Crippen LogP) is 1.65. The van der Waals surface area contributed by atoms with Gasteiger partial charge in [-0.15, -0.1) is 0 Å². The Morgan fingerprint density at radius 1 is 1.36 bits per heavy atom. The van der Waals surface area contributed by atoms with Crippen LogP contribution in [-0.4, -0.2) is 44.4 Å². The van der Waals surface area contributed by atoms with Gasteiger partial charge in [-0.3, -0.25) is 9.59 Å². The maximum Gasteiger partial charge on any atom is 0.331 e. The van der Waals surface area contributed by atoms with Crippen LogP contribution in [0.2, 0.25) is 0 Å². The Morgan fingerprint density at radius 3 is 2.55 bits per heavy atom. The van der Waals surface area contributed by atoms with Crippen LogP contribution in [0.4, 0.5) is 0 Å². The number of carboxylic acids is 1. The van der Waals surface area contributed by atoms with Crippen molar-refractivity contribution in [1.29, 1.82) is 0 Å². The molecule has 2 atom stereocenters. The number of carbonyl (C=O) groups excluding carboxylic acids is 2. The number of benzene rings is 1. The van der Waals surface area contributed by atoms with Gasteiger partial charge in [0.05, 0.1) is 0 Å². The molecule has 118 valence electrons. The molecule has 0 aliphatic carbocycles. The molecule has 0 aromatic heterocycles. The Balaban J connectivity index is 2.15. The number of hydrogen-bond acceptors (Lipinski definition) is 5. The quantitative estimate of drug-likeness (QED) is 0.855. The minimum Gasteiger partial charge on any atom is -0.508 e. The fourth-order valence-corrected chi connectivity index (χ4v) is 3.21. The maximum atomic E-state index is 12.1. The van der Waals surface area contributed by atoms with Gasteiger partial charge in [-0.1, -0.05) is 23.9 Å². The molecule has 1 aliphatic heterocycles. The molecule has 0 saturated carbocycles. The summed E-state index contributed by atoms with van der Waals surface area (Å²) < 4.78 is 0. The first-order chi connectivity index (χ1) is 10.4. The molecule has 22 heavy (non-hydrogen) atoms. The van der Waals surface area contributed by atoms with Crippen molar-refractivity contribution in [2.75, 3.05) is 12.3 Å². The molecule has 1 fully saturated rings. The van der Waals surface area contributed by atoms with Gasteiger partial charge in [-0.25, -0.2) is 4.79 Å². The smallest absolute Gasteiger partial charge is 0.331 e. The maximum absolute atomic E-state index is 12.1. The van der Waals surface area contributed by atoms with E-state index < -0.39 is 12.0 Å². The van der Waals surface area contributed by atoms with Gasteiger partial charge in [0.15, 0.2) is 11.2 Å². The Bertz CT molecular complexity index is 586. The lowest BCUT2D eigenvalue weighted by molar-refractivity contribution is -0.148. The Hall–Kier alpha value is -2.02. The summed E-state index contributed by atoms with van der Waals surface area (Å²) >= 11 is 1.15. The van der Waals surface area contributed by atoms with Crippen LogP contribution in [0, 0.1) is 5.92 Å². The molecule has 2 N–H and O–H groups in total. The lowest BCUT2D eigenvalue weighted by Crippen LogP contribution is -2.35. The number of nitrogens with zero attached hydrogens (tertiary/aromatic N) is 1. The van der Waals surface area contributed by atoms with E-state index in [1.54, 1.807) is 0 Å². The van der Waals surface area contributed by atoms with Gasteiger partial charge in [0, 0.05) is 25.6 Å². The number of aromatic hydroxyl groups is 1. The zero-order valence-corrected chi connectivity index (χ0v) is 12.9. The van der Waals surface area contributed by atoms with Gasteiger partial charge in [0.25, 0.3) is 0 Å². The monoisotopic (exact) mass is 323 g/mol. The van der Waals surface area contributed by atoms with E-state index >= 15 is 0 Å². The summed E-state index contributed by atoms with van der Waals surface area (Å²) in [5, 5.41) is 18.7. The van der Waals surface area contributed by atoms with E-state index in [9.17, 15) is 24.6 Å². The van der Waals surface area contributed by atoms with E-state index in [-0.39, 0.29) is 29.1 Å². The first-order valence-electron chi connectivity index (χ1n) is 6.83. The second-order valence-electron chi connectivity index (χ2n) is 5.25. The average molecular weight is 323 g/mol. The van der Waals surface area contributed by atoms with E-state index in [1.807, 2.05) is 0 Å². The predicted molar refractivity (Wildman–Crippen MR) is 81.4 cm³/mol. The third-order valence-electron chi connectivity index (χ3n) is 3.52. The molecular formula is C15H17NO5S. The lowest BCUT2D eigenvalue weighted by Gasteiger charge is -2.25. The van der Waals surface area contributed by atoms with E-state index in [1.165, 1.54) is 36.1 Å². The highest BCUT2D eigenvalue weighted by molar-refractivity contribution is 8.13. The number of thioether (sulfide) groups is 1. The summed E-state index contributed by atoms with van der Waals surface area (Å²) in [6.45, 7) is 1.78. The topological polar surface area (TPSA) is 94.9 Å². The molecule has 2 unspecified atom stereocenters. The van der Waals surface area contributed by atoms with Gasteiger partial charge in [-0.2, -0.15) is 0 Å². The normalized spacial score (nSPS) is 19.2. The van der Waals surface area contributed by atoms with Crippen LogP contribution in [0.1, 0.15) is 24.9 Å². The first-order valence-corrected chi connectivity index (χ1v) is 7.81. The molecular weight excluding hydrogens is 306 g/mol. The molecule has 7 heteroatoms. The first kappa shape index (κ1) is 16.4. The molecule has 0 spiro atoms.